The summed E-state index contributed by atoms with van der Waals surface area (Å²) in [4.78, 5) is 27.1. The first kappa shape index (κ1) is 12.8. The lowest BCUT2D eigenvalue weighted by molar-refractivity contribution is 0.128. The van der Waals surface area contributed by atoms with Crippen LogP contribution in [-0.2, 0) is 0 Å². The summed E-state index contributed by atoms with van der Waals surface area (Å²) in [5, 5.41) is 0. The first-order valence-corrected chi connectivity index (χ1v) is 7.23. The maximum atomic E-state index is 9.04. The van der Waals surface area contributed by atoms with Crippen molar-refractivity contribution in [2.24, 2.45) is 0 Å². The van der Waals surface area contributed by atoms with Gasteiger partial charge in [0.2, 0.25) is 0 Å². The highest BCUT2D eigenvalue weighted by molar-refractivity contribution is 6.49. The lowest BCUT2D eigenvalue weighted by Crippen LogP contribution is -2.42. The Morgan fingerprint density at radius 3 is 2.22 bits per heavy atom. The quantitative estimate of drug-likeness (QED) is 0.732. The second kappa shape index (κ2) is 4.91. The number of hydrogen-bond acceptors (Lipinski definition) is 4. The van der Waals surface area contributed by atoms with Crippen molar-refractivity contribution in [2.45, 2.75) is 6.92 Å². The number of rotatable bonds is 3. The predicted octanol–water partition coefficient (Wildman–Crippen LogP) is 1.45. The Kier molecular flexibility index (Phi) is 3.49. The van der Waals surface area contributed by atoms with Crippen LogP contribution in [0.25, 0.3) is 11.1 Å². The van der Waals surface area contributed by atoms with Gasteiger partial charge in [-0.3, -0.25) is 0 Å². The fraction of sp³-hybridized carbons (Fsp3) is 0.0769. The average Bonchev–Trinajstić information content (AvgIpc) is 2.31. The summed E-state index contributed by atoms with van der Waals surface area (Å²) in [5.74, 6) is 0.256. The molecule has 0 amide bonds. The Bertz CT molecular complexity index is 534. The molecule has 0 fully saturated rings. The van der Waals surface area contributed by atoms with Crippen molar-refractivity contribution in [3.63, 3.8) is 0 Å². The molecule has 0 saturated heterocycles. The molecule has 0 aromatic heterocycles. The molecule has 0 atom stereocenters. The minimum Gasteiger partial charge on any atom is -0.480 e. The highest BCUT2D eigenvalue weighted by atomic mass is 28.4. The summed E-state index contributed by atoms with van der Waals surface area (Å²) in [6.45, 7) is 1.93. The van der Waals surface area contributed by atoms with Crippen LogP contribution in [-0.4, -0.2) is 23.4 Å². The van der Waals surface area contributed by atoms with Crippen molar-refractivity contribution in [1.82, 2.24) is 0 Å². The van der Waals surface area contributed by atoms with Crippen molar-refractivity contribution in [3.05, 3.63) is 54.1 Å². The Morgan fingerprint density at radius 2 is 1.61 bits per heavy atom. The van der Waals surface area contributed by atoms with Gasteiger partial charge in [-0.2, -0.15) is 0 Å². The summed E-state index contributed by atoms with van der Waals surface area (Å²) in [6.07, 6.45) is 0. The summed E-state index contributed by atoms with van der Waals surface area (Å²) >= 11 is 0. The van der Waals surface area contributed by atoms with Crippen LogP contribution in [0.3, 0.4) is 0 Å². The standard InChI is InChI=1S/C13H14O4Si/c1-10-7-8-13(17-18(14,15)16)12(9-10)11-5-3-2-4-6-11/h2-9,14-16H,1H3. The van der Waals surface area contributed by atoms with Crippen LogP contribution < -0.4 is 4.43 Å². The van der Waals surface area contributed by atoms with E-state index in [1.807, 2.05) is 43.3 Å². The van der Waals surface area contributed by atoms with Crippen LogP contribution in [0.1, 0.15) is 5.56 Å². The molecule has 0 spiro atoms. The SMILES string of the molecule is Cc1ccc(O[Si](O)(O)O)c(-c2ccccc2)c1. The van der Waals surface area contributed by atoms with Gasteiger partial charge in [0.05, 0.1) is 0 Å². The lowest BCUT2D eigenvalue weighted by Gasteiger charge is -2.16. The van der Waals surface area contributed by atoms with Gasteiger partial charge < -0.3 is 18.8 Å². The van der Waals surface area contributed by atoms with Gasteiger partial charge in [0.25, 0.3) is 0 Å². The molecule has 0 radical (unpaired) electrons. The first-order chi connectivity index (χ1) is 8.46. The maximum Gasteiger partial charge on any atom is 0.741 e. The first-order valence-electron chi connectivity index (χ1n) is 5.48. The minimum absolute atomic E-state index is 0.256. The zero-order valence-electron chi connectivity index (χ0n) is 9.87. The van der Waals surface area contributed by atoms with Crippen LogP contribution in [0.2, 0.25) is 0 Å². The Labute approximate surface area is 106 Å². The van der Waals surface area contributed by atoms with Gasteiger partial charge in [0, 0.05) is 5.56 Å². The van der Waals surface area contributed by atoms with Crippen LogP contribution in [0, 0.1) is 6.92 Å². The van der Waals surface area contributed by atoms with Gasteiger partial charge in [-0.1, -0.05) is 42.0 Å². The Morgan fingerprint density at radius 1 is 0.944 bits per heavy atom. The van der Waals surface area contributed by atoms with Gasteiger partial charge in [-0.25, -0.2) is 0 Å². The minimum atomic E-state index is -4.58. The smallest absolute Gasteiger partial charge is 0.480 e. The Hall–Kier alpha value is -1.66. The molecule has 0 unspecified atom stereocenters. The van der Waals surface area contributed by atoms with Crippen LogP contribution in [0.4, 0.5) is 0 Å². The molecule has 94 valence electrons. The van der Waals surface area contributed by atoms with E-state index in [-0.39, 0.29) is 5.75 Å². The van der Waals surface area contributed by atoms with Crippen LogP contribution >= 0.6 is 0 Å². The fourth-order valence-corrected chi connectivity index (χ4v) is 2.20. The molecule has 18 heavy (non-hydrogen) atoms. The highest BCUT2D eigenvalue weighted by Gasteiger charge is 2.34. The molecular weight excluding hydrogens is 248 g/mol. The van der Waals surface area contributed by atoms with E-state index < -0.39 is 9.05 Å². The normalized spacial score (nSPS) is 11.3. The van der Waals surface area contributed by atoms with E-state index in [1.165, 1.54) is 0 Å². The molecule has 0 bridgehead atoms. The van der Waals surface area contributed by atoms with E-state index in [0.29, 0.717) is 5.56 Å². The largest absolute Gasteiger partial charge is 0.741 e. The molecule has 0 saturated carbocycles. The predicted molar refractivity (Wildman–Crippen MR) is 69.7 cm³/mol. The third kappa shape index (κ3) is 3.18. The van der Waals surface area contributed by atoms with Crippen molar-refractivity contribution >= 4 is 9.05 Å². The van der Waals surface area contributed by atoms with Crippen LogP contribution in [0.15, 0.2) is 48.5 Å². The summed E-state index contributed by atoms with van der Waals surface area (Å²) in [6, 6.07) is 14.7. The summed E-state index contributed by atoms with van der Waals surface area (Å²) in [5.41, 5.74) is 2.61. The van der Waals surface area contributed by atoms with Gasteiger partial charge in [-0.05, 0) is 24.6 Å². The molecule has 0 aliphatic carbocycles. The second-order valence-electron chi connectivity index (χ2n) is 4.04. The van der Waals surface area contributed by atoms with E-state index >= 15 is 0 Å². The number of aryl methyl sites for hydroxylation is 1. The molecule has 3 N–H and O–H groups in total. The zero-order valence-corrected chi connectivity index (χ0v) is 10.9. The second-order valence-corrected chi connectivity index (χ2v) is 5.39. The van der Waals surface area contributed by atoms with Crippen molar-refractivity contribution in [1.29, 1.82) is 0 Å². The third-order valence-electron chi connectivity index (χ3n) is 2.47. The topological polar surface area (TPSA) is 69.9 Å². The molecule has 2 aromatic rings. The van der Waals surface area contributed by atoms with E-state index in [2.05, 4.69) is 0 Å². The van der Waals surface area contributed by atoms with E-state index in [9.17, 15) is 0 Å². The molecule has 5 heteroatoms. The van der Waals surface area contributed by atoms with Gasteiger partial charge in [0.1, 0.15) is 5.75 Å². The van der Waals surface area contributed by atoms with Crippen molar-refractivity contribution < 1.29 is 18.8 Å². The van der Waals surface area contributed by atoms with Crippen molar-refractivity contribution in [2.75, 3.05) is 0 Å². The lowest BCUT2D eigenvalue weighted by atomic mass is 10.0. The molecule has 2 rings (SSSR count). The van der Waals surface area contributed by atoms with E-state index in [4.69, 9.17) is 18.8 Å². The van der Waals surface area contributed by atoms with Gasteiger partial charge in [0.15, 0.2) is 0 Å². The van der Waals surface area contributed by atoms with E-state index in [1.54, 1.807) is 12.1 Å². The maximum absolute atomic E-state index is 9.04. The summed E-state index contributed by atoms with van der Waals surface area (Å²) in [7, 11) is -4.58. The molecule has 0 aliphatic heterocycles. The molecular formula is C13H14O4Si. The average molecular weight is 262 g/mol. The third-order valence-corrected chi connectivity index (χ3v) is 2.96. The van der Waals surface area contributed by atoms with Crippen molar-refractivity contribution in [3.8, 4) is 16.9 Å². The molecule has 2 aromatic carbocycles. The number of benzene rings is 2. The van der Waals surface area contributed by atoms with Crippen LogP contribution in [0.5, 0.6) is 5.75 Å². The van der Waals surface area contributed by atoms with Gasteiger partial charge in [-0.15, -0.1) is 0 Å². The number of hydrogen-bond donors (Lipinski definition) is 3. The van der Waals surface area contributed by atoms with Gasteiger partial charge >= 0.3 is 9.05 Å². The molecule has 0 heterocycles. The Balaban J connectivity index is 2.48. The monoisotopic (exact) mass is 262 g/mol. The molecule has 4 nitrogen and oxygen atoms in total. The molecule has 0 aliphatic rings. The van der Waals surface area contributed by atoms with E-state index in [0.717, 1.165) is 11.1 Å². The fourth-order valence-electron chi connectivity index (χ4n) is 1.72. The summed E-state index contributed by atoms with van der Waals surface area (Å²) < 4.78 is 4.85. The highest BCUT2D eigenvalue weighted by Crippen LogP contribution is 2.31. The zero-order chi connectivity index (χ0) is 13.2.